The van der Waals surface area contributed by atoms with Crippen molar-refractivity contribution in [3.05, 3.63) is 46.7 Å². The standard InChI is InChI=1S/C18H23BrN4O3S/c1-2-22-13-16(19)17(21-22)12-20-18(24)14-8-10-23(11-9-14)27(25,26)15-6-4-3-5-7-15/h3-7,13-14H,2,8-12H2,1H3,(H,20,24). The summed E-state index contributed by atoms with van der Waals surface area (Å²) in [6.45, 7) is 3.82. The Hall–Kier alpha value is -1.71. The van der Waals surface area contributed by atoms with Crippen molar-refractivity contribution in [3.63, 3.8) is 0 Å². The van der Waals surface area contributed by atoms with Crippen molar-refractivity contribution < 1.29 is 13.2 Å². The Bertz CT molecular complexity index is 891. The summed E-state index contributed by atoms with van der Waals surface area (Å²) in [5, 5.41) is 7.31. The van der Waals surface area contributed by atoms with E-state index in [0.717, 1.165) is 16.7 Å². The lowest BCUT2D eigenvalue weighted by Crippen LogP contribution is -2.42. The van der Waals surface area contributed by atoms with Gasteiger partial charge in [0, 0.05) is 31.7 Å². The fourth-order valence-electron chi connectivity index (χ4n) is 3.13. The van der Waals surface area contributed by atoms with Crippen molar-refractivity contribution in [3.8, 4) is 0 Å². The minimum atomic E-state index is -3.49. The van der Waals surface area contributed by atoms with Crippen LogP contribution in [0.4, 0.5) is 0 Å². The molecule has 7 nitrogen and oxygen atoms in total. The van der Waals surface area contributed by atoms with Crippen LogP contribution in [0.15, 0.2) is 45.9 Å². The summed E-state index contributed by atoms with van der Waals surface area (Å²) < 4.78 is 29.4. The average Bonchev–Trinajstić information content (AvgIpc) is 3.06. The first-order valence-electron chi connectivity index (χ1n) is 8.96. The number of rotatable bonds is 6. The Labute approximate surface area is 167 Å². The summed E-state index contributed by atoms with van der Waals surface area (Å²) in [6, 6.07) is 8.41. The number of carbonyl (C=O) groups is 1. The van der Waals surface area contributed by atoms with Gasteiger partial charge in [-0.25, -0.2) is 8.42 Å². The zero-order chi connectivity index (χ0) is 19.4. The molecule has 27 heavy (non-hydrogen) atoms. The zero-order valence-corrected chi connectivity index (χ0v) is 17.5. The number of sulfonamides is 1. The van der Waals surface area contributed by atoms with E-state index in [9.17, 15) is 13.2 Å². The van der Waals surface area contributed by atoms with Gasteiger partial charge < -0.3 is 5.32 Å². The second-order valence-corrected chi connectivity index (χ2v) is 9.28. The van der Waals surface area contributed by atoms with Gasteiger partial charge in [-0.2, -0.15) is 9.40 Å². The number of nitrogens with one attached hydrogen (secondary N) is 1. The third-order valence-corrected chi connectivity index (χ3v) is 7.32. The van der Waals surface area contributed by atoms with Crippen molar-refractivity contribution in [2.24, 2.45) is 5.92 Å². The van der Waals surface area contributed by atoms with Crippen molar-refractivity contribution in [2.45, 2.75) is 37.8 Å². The third-order valence-electron chi connectivity index (χ3n) is 4.75. The van der Waals surface area contributed by atoms with Crippen molar-refractivity contribution >= 4 is 31.9 Å². The molecular formula is C18H23BrN4O3S. The predicted octanol–water partition coefficient (Wildman–Crippen LogP) is 2.38. The number of aromatic nitrogens is 2. The van der Waals surface area contributed by atoms with Gasteiger partial charge in [-0.1, -0.05) is 18.2 Å². The number of hydrogen-bond acceptors (Lipinski definition) is 4. The number of carbonyl (C=O) groups excluding carboxylic acids is 1. The molecule has 146 valence electrons. The minimum absolute atomic E-state index is 0.0512. The Balaban J connectivity index is 1.54. The largest absolute Gasteiger partial charge is 0.350 e. The van der Waals surface area contributed by atoms with Crippen LogP contribution in [-0.4, -0.2) is 41.5 Å². The van der Waals surface area contributed by atoms with E-state index in [1.165, 1.54) is 4.31 Å². The number of amides is 1. The Kier molecular flexibility index (Phi) is 6.33. The second-order valence-electron chi connectivity index (χ2n) is 6.49. The fraction of sp³-hybridized carbons (Fsp3) is 0.444. The van der Waals surface area contributed by atoms with Gasteiger partial charge in [0.05, 0.1) is 21.6 Å². The molecule has 1 fully saturated rings. The number of piperidine rings is 1. The molecule has 0 bridgehead atoms. The van der Waals surface area contributed by atoms with Crippen molar-refractivity contribution in [2.75, 3.05) is 13.1 Å². The molecule has 0 saturated carbocycles. The number of halogens is 1. The average molecular weight is 455 g/mol. The SMILES string of the molecule is CCn1cc(Br)c(CNC(=O)C2CCN(S(=O)(=O)c3ccccc3)CC2)n1. The van der Waals surface area contributed by atoms with E-state index in [4.69, 9.17) is 0 Å². The number of benzene rings is 1. The molecule has 1 aliphatic rings. The van der Waals surface area contributed by atoms with Gasteiger partial charge in [0.25, 0.3) is 0 Å². The third kappa shape index (κ3) is 4.59. The maximum Gasteiger partial charge on any atom is 0.243 e. The molecule has 0 unspecified atom stereocenters. The van der Waals surface area contributed by atoms with E-state index in [0.29, 0.717) is 37.4 Å². The highest BCUT2D eigenvalue weighted by atomic mass is 79.9. The van der Waals surface area contributed by atoms with E-state index in [-0.39, 0.29) is 11.8 Å². The molecule has 1 amide bonds. The Morgan fingerprint density at radius 1 is 1.26 bits per heavy atom. The van der Waals surface area contributed by atoms with Gasteiger partial charge in [0.2, 0.25) is 15.9 Å². The van der Waals surface area contributed by atoms with Crippen LogP contribution in [0.1, 0.15) is 25.5 Å². The topological polar surface area (TPSA) is 84.3 Å². The number of aryl methyl sites for hydroxylation is 1. The van der Waals surface area contributed by atoms with Crippen LogP contribution in [-0.2, 0) is 27.9 Å². The lowest BCUT2D eigenvalue weighted by molar-refractivity contribution is -0.126. The summed E-state index contributed by atoms with van der Waals surface area (Å²) >= 11 is 3.45. The monoisotopic (exact) mass is 454 g/mol. The molecule has 0 atom stereocenters. The molecule has 1 saturated heterocycles. The molecule has 0 radical (unpaired) electrons. The van der Waals surface area contributed by atoms with Crippen LogP contribution in [0, 0.1) is 5.92 Å². The highest BCUT2D eigenvalue weighted by Crippen LogP contribution is 2.24. The molecule has 2 heterocycles. The first-order valence-corrected chi connectivity index (χ1v) is 11.2. The van der Waals surface area contributed by atoms with Gasteiger partial charge in [0.15, 0.2) is 0 Å². The normalized spacial score (nSPS) is 16.4. The molecule has 2 aromatic rings. The summed E-state index contributed by atoms with van der Waals surface area (Å²) in [4.78, 5) is 12.8. The quantitative estimate of drug-likeness (QED) is 0.725. The van der Waals surface area contributed by atoms with Crippen molar-refractivity contribution in [1.82, 2.24) is 19.4 Å². The van der Waals surface area contributed by atoms with Gasteiger partial charge in [0.1, 0.15) is 0 Å². The maximum absolute atomic E-state index is 12.7. The smallest absolute Gasteiger partial charge is 0.243 e. The highest BCUT2D eigenvalue weighted by molar-refractivity contribution is 9.10. The zero-order valence-electron chi connectivity index (χ0n) is 15.1. The molecule has 1 aliphatic heterocycles. The maximum atomic E-state index is 12.7. The van der Waals surface area contributed by atoms with Crippen LogP contribution in [0.25, 0.3) is 0 Å². The van der Waals surface area contributed by atoms with E-state index >= 15 is 0 Å². The summed E-state index contributed by atoms with van der Waals surface area (Å²) in [5.74, 6) is -0.232. The van der Waals surface area contributed by atoms with Crippen LogP contribution >= 0.6 is 15.9 Å². The molecule has 0 spiro atoms. The van der Waals surface area contributed by atoms with E-state index in [2.05, 4.69) is 26.3 Å². The summed E-state index contributed by atoms with van der Waals surface area (Å²) in [5.41, 5.74) is 0.786. The highest BCUT2D eigenvalue weighted by Gasteiger charge is 2.32. The molecule has 3 rings (SSSR count). The summed E-state index contributed by atoms with van der Waals surface area (Å²) in [6.07, 6.45) is 2.92. The molecule has 1 aromatic carbocycles. The van der Waals surface area contributed by atoms with E-state index < -0.39 is 10.0 Å². The van der Waals surface area contributed by atoms with Crippen LogP contribution in [0.3, 0.4) is 0 Å². The molecular weight excluding hydrogens is 432 g/mol. The Morgan fingerprint density at radius 3 is 2.52 bits per heavy atom. The van der Waals surface area contributed by atoms with Gasteiger partial charge >= 0.3 is 0 Å². The molecule has 1 N–H and O–H groups in total. The second kappa shape index (κ2) is 8.53. The van der Waals surface area contributed by atoms with Gasteiger partial charge in [-0.05, 0) is 47.8 Å². The van der Waals surface area contributed by atoms with E-state index in [1.807, 2.05) is 13.1 Å². The minimum Gasteiger partial charge on any atom is -0.350 e. The lowest BCUT2D eigenvalue weighted by Gasteiger charge is -2.30. The number of hydrogen-bond donors (Lipinski definition) is 1. The van der Waals surface area contributed by atoms with Crippen LogP contribution in [0.5, 0.6) is 0 Å². The first-order chi connectivity index (χ1) is 12.9. The van der Waals surface area contributed by atoms with Gasteiger partial charge in [-0.3, -0.25) is 9.48 Å². The fourth-order valence-corrected chi connectivity index (χ4v) is 5.08. The summed E-state index contributed by atoms with van der Waals surface area (Å²) in [7, 11) is -3.49. The first kappa shape index (κ1) is 20.0. The number of nitrogens with zero attached hydrogens (tertiary/aromatic N) is 3. The van der Waals surface area contributed by atoms with Crippen LogP contribution < -0.4 is 5.32 Å². The Morgan fingerprint density at radius 2 is 1.93 bits per heavy atom. The van der Waals surface area contributed by atoms with E-state index in [1.54, 1.807) is 35.0 Å². The van der Waals surface area contributed by atoms with Crippen molar-refractivity contribution in [1.29, 1.82) is 0 Å². The molecule has 9 heteroatoms. The lowest BCUT2D eigenvalue weighted by atomic mass is 9.97. The molecule has 0 aliphatic carbocycles. The molecule has 1 aromatic heterocycles. The van der Waals surface area contributed by atoms with Crippen LogP contribution in [0.2, 0.25) is 0 Å². The predicted molar refractivity (Wildman–Crippen MR) is 105 cm³/mol. The van der Waals surface area contributed by atoms with Gasteiger partial charge in [-0.15, -0.1) is 0 Å².